The zero-order valence-corrected chi connectivity index (χ0v) is 17.9. The van der Waals surface area contributed by atoms with Crippen LogP contribution in [0.4, 0.5) is 0 Å². The minimum atomic E-state index is 0. The molecule has 1 fully saturated rings. The highest BCUT2D eigenvalue weighted by molar-refractivity contribution is 14.0. The van der Waals surface area contributed by atoms with Crippen molar-refractivity contribution in [1.82, 2.24) is 15.5 Å². The van der Waals surface area contributed by atoms with E-state index in [9.17, 15) is 4.79 Å². The molecule has 0 spiro atoms. The maximum absolute atomic E-state index is 11.9. The van der Waals surface area contributed by atoms with E-state index >= 15 is 0 Å². The maximum Gasteiger partial charge on any atom is 0.222 e. The molecule has 0 bridgehead atoms. The number of nitrogens with zero attached hydrogens (tertiary/aromatic N) is 2. The zero-order valence-electron chi connectivity index (χ0n) is 15.6. The Labute approximate surface area is 165 Å². The van der Waals surface area contributed by atoms with Crippen LogP contribution in [-0.4, -0.2) is 49.5 Å². The molecule has 6 heteroatoms. The number of nitrogens with one attached hydrogen (secondary N) is 2. The van der Waals surface area contributed by atoms with Crippen LogP contribution < -0.4 is 10.6 Å². The quantitative estimate of drug-likeness (QED) is 0.231. The molecule has 5 nitrogen and oxygen atoms in total. The Balaban J connectivity index is 0.00000529. The first-order valence-electron chi connectivity index (χ1n) is 9.57. The van der Waals surface area contributed by atoms with E-state index < -0.39 is 0 Å². The van der Waals surface area contributed by atoms with Gasteiger partial charge in [-0.25, -0.2) is 0 Å². The summed E-state index contributed by atoms with van der Waals surface area (Å²) in [6, 6.07) is 0. The van der Waals surface area contributed by atoms with Gasteiger partial charge in [-0.1, -0.05) is 32.6 Å². The topological polar surface area (TPSA) is 56.7 Å². The number of hydrogen-bond acceptors (Lipinski definition) is 2. The van der Waals surface area contributed by atoms with Gasteiger partial charge in [-0.2, -0.15) is 0 Å². The molecule has 1 amide bonds. The SMILES string of the molecule is CCCCCCNC(=NCCCN1CCCCCC1=O)NCC.I. The molecule has 1 rings (SSSR count). The molecule has 1 heterocycles. The van der Waals surface area contributed by atoms with E-state index in [1.54, 1.807) is 0 Å². The summed E-state index contributed by atoms with van der Waals surface area (Å²) < 4.78 is 0. The van der Waals surface area contributed by atoms with Crippen LogP contribution in [0.3, 0.4) is 0 Å². The summed E-state index contributed by atoms with van der Waals surface area (Å²) in [5.74, 6) is 1.23. The highest BCUT2D eigenvalue weighted by Crippen LogP contribution is 2.11. The number of amides is 1. The van der Waals surface area contributed by atoms with E-state index in [1.165, 1.54) is 32.1 Å². The van der Waals surface area contributed by atoms with Gasteiger partial charge in [-0.15, -0.1) is 24.0 Å². The normalized spacial score (nSPS) is 15.7. The van der Waals surface area contributed by atoms with E-state index in [1.807, 2.05) is 4.90 Å². The number of likely N-dealkylation sites (tertiary alicyclic amines) is 1. The lowest BCUT2D eigenvalue weighted by atomic mass is 10.2. The van der Waals surface area contributed by atoms with Crippen molar-refractivity contribution in [1.29, 1.82) is 0 Å². The van der Waals surface area contributed by atoms with E-state index in [-0.39, 0.29) is 24.0 Å². The zero-order chi connectivity index (χ0) is 16.8. The van der Waals surface area contributed by atoms with Crippen LogP contribution in [0, 0.1) is 0 Å². The summed E-state index contributed by atoms with van der Waals surface area (Å²) in [6.45, 7) is 8.73. The van der Waals surface area contributed by atoms with E-state index in [2.05, 4.69) is 29.5 Å². The van der Waals surface area contributed by atoms with Crippen LogP contribution >= 0.6 is 24.0 Å². The molecule has 1 aliphatic rings. The fourth-order valence-corrected chi connectivity index (χ4v) is 2.83. The minimum Gasteiger partial charge on any atom is -0.357 e. The molecule has 0 aliphatic carbocycles. The third kappa shape index (κ3) is 11.1. The second-order valence-electron chi connectivity index (χ2n) is 6.29. The smallest absolute Gasteiger partial charge is 0.222 e. The van der Waals surface area contributed by atoms with Gasteiger partial charge in [0.05, 0.1) is 0 Å². The van der Waals surface area contributed by atoms with Gasteiger partial charge in [0.15, 0.2) is 5.96 Å². The van der Waals surface area contributed by atoms with Crippen molar-refractivity contribution < 1.29 is 4.79 Å². The number of halogens is 1. The Morgan fingerprint density at radius 2 is 1.92 bits per heavy atom. The van der Waals surface area contributed by atoms with Crippen LogP contribution in [0.15, 0.2) is 4.99 Å². The van der Waals surface area contributed by atoms with Crippen LogP contribution in [0.2, 0.25) is 0 Å². The number of rotatable bonds is 10. The van der Waals surface area contributed by atoms with Gasteiger partial charge in [-0.3, -0.25) is 9.79 Å². The molecule has 142 valence electrons. The van der Waals surface area contributed by atoms with Crippen molar-refractivity contribution in [2.24, 2.45) is 4.99 Å². The molecule has 2 N–H and O–H groups in total. The largest absolute Gasteiger partial charge is 0.357 e. The fourth-order valence-electron chi connectivity index (χ4n) is 2.83. The Bertz CT molecular complexity index is 350. The van der Waals surface area contributed by atoms with E-state index in [0.29, 0.717) is 5.91 Å². The second-order valence-corrected chi connectivity index (χ2v) is 6.29. The maximum atomic E-state index is 11.9. The predicted octanol–water partition coefficient (Wildman–Crippen LogP) is 3.53. The summed E-state index contributed by atoms with van der Waals surface area (Å²) in [5, 5.41) is 6.68. The third-order valence-corrected chi connectivity index (χ3v) is 4.19. The van der Waals surface area contributed by atoms with Crippen LogP contribution in [-0.2, 0) is 4.79 Å². The van der Waals surface area contributed by atoms with Crippen LogP contribution in [0.5, 0.6) is 0 Å². The van der Waals surface area contributed by atoms with Gasteiger partial charge in [-0.05, 0) is 32.6 Å². The average molecular weight is 452 g/mol. The number of carbonyl (C=O) groups is 1. The summed E-state index contributed by atoms with van der Waals surface area (Å²) in [5.41, 5.74) is 0. The number of unbranched alkanes of at least 4 members (excludes halogenated alkanes) is 3. The van der Waals surface area contributed by atoms with Crippen molar-refractivity contribution in [2.45, 2.75) is 71.6 Å². The molecule has 1 aliphatic heterocycles. The number of carbonyl (C=O) groups excluding carboxylic acids is 1. The Hall–Kier alpha value is -0.530. The van der Waals surface area contributed by atoms with Crippen LogP contribution in [0.1, 0.15) is 71.6 Å². The Morgan fingerprint density at radius 1 is 1.08 bits per heavy atom. The first-order chi connectivity index (χ1) is 11.3. The summed E-state index contributed by atoms with van der Waals surface area (Å²) in [6.07, 6.45) is 10.1. The standard InChI is InChI=1S/C18H36N4O.HI/c1-3-5-6-9-13-20-18(19-4-2)21-14-11-16-22-15-10-7-8-12-17(22)23;/h3-16H2,1-2H3,(H2,19,20,21);1H. The second kappa shape index (κ2) is 16.0. The Kier molecular flexibility index (Phi) is 15.6. The molecule has 0 aromatic rings. The molecule has 0 saturated carbocycles. The monoisotopic (exact) mass is 452 g/mol. The lowest BCUT2D eigenvalue weighted by Gasteiger charge is -2.20. The minimum absolute atomic E-state index is 0. The summed E-state index contributed by atoms with van der Waals surface area (Å²) >= 11 is 0. The first-order valence-corrected chi connectivity index (χ1v) is 9.57. The molecule has 0 atom stereocenters. The van der Waals surface area contributed by atoms with Gasteiger partial charge in [0.25, 0.3) is 0 Å². The molecule has 0 radical (unpaired) electrons. The lowest BCUT2D eigenvalue weighted by molar-refractivity contribution is -0.130. The third-order valence-electron chi connectivity index (χ3n) is 4.19. The van der Waals surface area contributed by atoms with E-state index in [0.717, 1.165) is 64.4 Å². The number of hydrogen-bond donors (Lipinski definition) is 2. The predicted molar refractivity (Wildman–Crippen MR) is 113 cm³/mol. The molecule has 24 heavy (non-hydrogen) atoms. The van der Waals surface area contributed by atoms with Gasteiger partial charge in [0.2, 0.25) is 5.91 Å². The average Bonchev–Trinajstić information content (AvgIpc) is 2.75. The summed E-state index contributed by atoms with van der Waals surface area (Å²) in [7, 11) is 0. The van der Waals surface area contributed by atoms with Crippen molar-refractivity contribution in [3.63, 3.8) is 0 Å². The van der Waals surface area contributed by atoms with Gasteiger partial charge < -0.3 is 15.5 Å². The first kappa shape index (κ1) is 23.5. The molecule has 0 aromatic heterocycles. The van der Waals surface area contributed by atoms with Crippen molar-refractivity contribution in [2.75, 3.05) is 32.7 Å². The molecule has 0 unspecified atom stereocenters. The van der Waals surface area contributed by atoms with E-state index in [4.69, 9.17) is 0 Å². The van der Waals surface area contributed by atoms with Crippen molar-refractivity contribution >= 4 is 35.8 Å². The van der Waals surface area contributed by atoms with Crippen molar-refractivity contribution in [3.8, 4) is 0 Å². The molecular weight excluding hydrogens is 415 g/mol. The fraction of sp³-hybridized carbons (Fsp3) is 0.889. The number of aliphatic imine (C=N–C) groups is 1. The lowest BCUT2D eigenvalue weighted by Crippen LogP contribution is -2.38. The van der Waals surface area contributed by atoms with Crippen LogP contribution in [0.25, 0.3) is 0 Å². The van der Waals surface area contributed by atoms with Gasteiger partial charge in [0.1, 0.15) is 0 Å². The van der Waals surface area contributed by atoms with Gasteiger partial charge >= 0.3 is 0 Å². The highest BCUT2D eigenvalue weighted by atomic mass is 127. The van der Waals surface area contributed by atoms with Crippen molar-refractivity contribution in [3.05, 3.63) is 0 Å². The summed E-state index contributed by atoms with van der Waals surface area (Å²) in [4.78, 5) is 18.6. The molecule has 1 saturated heterocycles. The van der Waals surface area contributed by atoms with Gasteiger partial charge in [0, 0.05) is 39.1 Å². The molecule has 0 aromatic carbocycles. The number of guanidine groups is 1. The highest BCUT2D eigenvalue weighted by Gasteiger charge is 2.15. The Morgan fingerprint density at radius 3 is 2.67 bits per heavy atom. The molecular formula is C18H37IN4O.